The third-order valence-electron chi connectivity index (χ3n) is 2.82. The van der Waals surface area contributed by atoms with Crippen LogP contribution in [0.1, 0.15) is 16.7 Å². The van der Waals surface area contributed by atoms with Gasteiger partial charge in [-0.2, -0.15) is 0 Å². The summed E-state index contributed by atoms with van der Waals surface area (Å²) >= 11 is 5.02. The Morgan fingerprint density at radius 3 is 2.83 bits per heavy atom. The molecular formula is C14H15N3S. The Morgan fingerprint density at radius 1 is 1.33 bits per heavy atom. The Kier molecular flexibility index (Phi) is 3.89. The molecule has 0 fully saturated rings. The molecule has 1 aromatic carbocycles. The normalized spacial score (nSPS) is 10.1. The number of nitrogens with two attached hydrogens (primary N) is 1. The van der Waals surface area contributed by atoms with Crippen LogP contribution in [0.2, 0.25) is 0 Å². The summed E-state index contributed by atoms with van der Waals surface area (Å²) in [6.07, 6.45) is 3.43. The van der Waals surface area contributed by atoms with Crippen molar-refractivity contribution in [2.75, 3.05) is 5.32 Å². The van der Waals surface area contributed by atoms with E-state index in [1.54, 1.807) is 12.4 Å². The van der Waals surface area contributed by atoms with Crippen molar-refractivity contribution in [2.45, 2.75) is 13.5 Å². The molecule has 0 bridgehead atoms. The summed E-state index contributed by atoms with van der Waals surface area (Å²) in [7, 11) is 0. The maximum Gasteiger partial charge on any atom is 0.106 e. The van der Waals surface area contributed by atoms with Gasteiger partial charge >= 0.3 is 0 Å². The minimum Gasteiger partial charge on any atom is -0.389 e. The molecular weight excluding hydrogens is 242 g/mol. The molecule has 18 heavy (non-hydrogen) atoms. The Morgan fingerprint density at radius 2 is 2.11 bits per heavy atom. The second-order valence-electron chi connectivity index (χ2n) is 4.07. The molecule has 2 aromatic rings. The average Bonchev–Trinajstić information content (AvgIpc) is 2.38. The molecule has 2 rings (SSSR count). The lowest BCUT2D eigenvalue weighted by Gasteiger charge is -2.11. The minimum absolute atomic E-state index is 0.379. The van der Waals surface area contributed by atoms with Crippen LogP contribution in [0.15, 0.2) is 42.7 Å². The fourth-order valence-electron chi connectivity index (χ4n) is 1.75. The molecule has 0 amide bonds. The van der Waals surface area contributed by atoms with Gasteiger partial charge in [-0.1, -0.05) is 36.5 Å². The van der Waals surface area contributed by atoms with Crippen molar-refractivity contribution >= 4 is 22.9 Å². The van der Waals surface area contributed by atoms with Gasteiger partial charge in [0.25, 0.3) is 0 Å². The molecule has 0 saturated heterocycles. The first kappa shape index (κ1) is 12.5. The number of nitrogens with zero attached hydrogens (tertiary/aromatic N) is 1. The number of hydrogen-bond donors (Lipinski definition) is 2. The van der Waals surface area contributed by atoms with Crippen LogP contribution in [0.25, 0.3) is 0 Å². The maximum atomic E-state index is 5.68. The van der Waals surface area contributed by atoms with Crippen molar-refractivity contribution < 1.29 is 0 Å². The zero-order valence-corrected chi connectivity index (χ0v) is 11.0. The smallest absolute Gasteiger partial charge is 0.106 e. The SMILES string of the molecule is Cc1ccccc1CNc1cnccc1C(N)=S. The summed E-state index contributed by atoms with van der Waals surface area (Å²) in [6, 6.07) is 10.1. The van der Waals surface area contributed by atoms with Gasteiger partial charge in [-0.3, -0.25) is 4.98 Å². The van der Waals surface area contributed by atoms with E-state index in [0.29, 0.717) is 4.99 Å². The number of benzene rings is 1. The Balaban J connectivity index is 2.16. The third-order valence-corrected chi connectivity index (χ3v) is 3.04. The maximum absolute atomic E-state index is 5.68. The quantitative estimate of drug-likeness (QED) is 0.827. The van der Waals surface area contributed by atoms with Crippen molar-refractivity contribution in [3.8, 4) is 0 Å². The van der Waals surface area contributed by atoms with Gasteiger partial charge in [-0.25, -0.2) is 0 Å². The average molecular weight is 257 g/mol. The summed E-state index contributed by atoms with van der Waals surface area (Å²) in [4.78, 5) is 4.46. The molecule has 3 N–H and O–H groups in total. The highest BCUT2D eigenvalue weighted by Crippen LogP contribution is 2.15. The number of thiocarbonyl (C=S) groups is 1. The molecule has 1 aromatic heterocycles. The third kappa shape index (κ3) is 2.84. The summed E-state index contributed by atoms with van der Waals surface area (Å²) < 4.78 is 0. The number of aryl methyl sites for hydroxylation is 1. The highest BCUT2D eigenvalue weighted by Gasteiger charge is 2.05. The monoisotopic (exact) mass is 257 g/mol. The van der Waals surface area contributed by atoms with E-state index in [4.69, 9.17) is 18.0 Å². The van der Waals surface area contributed by atoms with E-state index in [1.165, 1.54) is 11.1 Å². The van der Waals surface area contributed by atoms with Crippen molar-refractivity contribution in [3.63, 3.8) is 0 Å². The fourth-order valence-corrected chi connectivity index (χ4v) is 1.93. The first-order chi connectivity index (χ1) is 8.68. The fraction of sp³-hybridized carbons (Fsp3) is 0.143. The molecule has 92 valence electrons. The molecule has 0 aliphatic heterocycles. The van der Waals surface area contributed by atoms with Gasteiger partial charge in [0.05, 0.1) is 11.9 Å². The van der Waals surface area contributed by atoms with Crippen LogP contribution in [0, 0.1) is 6.92 Å². The van der Waals surface area contributed by atoms with E-state index in [9.17, 15) is 0 Å². The molecule has 0 radical (unpaired) electrons. The number of rotatable bonds is 4. The number of nitrogens with one attached hydrogen (secondary N) is 1. The molecule has 0 spiro atoms. The standard InChI is InChI=1S/C14H15N3S/c1-10-4-2-3-5-11(10)8-17-13-9-16-7-6-12(13)14(15)18/h2-7,9,17H,8H2,1H3,(H2,15,18). The van der Waals surface area contributed by atoms with Gasteiger partial charge in [0, 0.05) is 18.3 Å². The largest absolute Gasteiger partial charge is 0.389 e. The number of aromatic nitrogens is 1. The van der Waals surface area contributed by atoms with E-state index < -0.39 is 0 Å². The van der Waals surface area contributed by atoms with Crippen molar-refractivity contribution in [1.82, 2.24) is 4.98 Å². The molecule has 0 unspecified atom stereocenters. The summed E-state index contributed by atoms with van der Waals surface area (Å²) in [5.74, 6) is 0. The van der Waals surface area contributed by atoms with Crippen LogP contribution in [-0.4, -0.2) is 9.97 Å². The van der Waals surface area contributed by atoms with E-state index in [0.717, 1.165) is 17.8 Å². The molecule has 4 heteroatoms. The molecule has 0 atom stereocenters. The summed E-state index contributed by atoms with van der Waals surface area (Å²) in [5.41, 5.74) is 9.87. The highest BCUT2D eigenvalue weighted by atomic mass is 32.1. The summed E-state index contributed by atoms with van der Waals surface area (Å²) in [5, 5.41) is 3.32. The molecule has 0 saturated carbocycles. The van der Waals surface area contributed by atoms with Gasteiger partial charge < -0.3 is 11.1 Å². The molecule has 1 heterocycles. The van der Waals surface area contributed by atoms with E-state index >= 15 is 0 Å². The minimum atomic E-state index is 0.379. The second kappa shape index (κ2) is 5.60. The van der Waals surface area contributed by atoms with Crippen molar-refractivity contribution in [2.24, 2.45) is 5.73 Å². The van der Waals surface area contributed by atoms with Crippen LogP contribution >= 0.6 is 12.2 Å². The van der Waals surface area contributed by atoms with Gasteiger partial charge in [0.15, 0.2) is 0 Å². The van der Waals surface area contributed by atoms with Crippen molar-refractivity contribution in [3.05, 3.63) is 59.4 Å². The lowest BCUT2D eigenvalue weighted by Crippen LogP contribution is -2.13. The van der Waals surface area contributed by atoms with Gasteiger partial charge in [-0.15, -0.1) is 0 Å². The second-order valence-corrected chi connectivity index (χ2v) is 4.51. The van der Waals surface area contributed by atoms with E-state index in [-0.39, 0.29) is 0 Å². The lowest BCUT2D eigenvalue weighted by molar-refractivity contribution is 1.11. The van der Waals surface area contributed by atoms with Gasteiger partial charge in [0.1, 0.15) is 4.99 Å². The predicted molar refractivity (Wildman–Crippen MR) is 78.6 cm³/mol. The number of pyridine rings is 1. The van der Waals surface area contributed by atoms with Gasteiger partial charge in [-0.05, 0) is 24.1 Å². The van der Waals surface area contributed by atoms with Crippen LogP contribution in [0.5, 0.6) is 0 Å². The van der Waals surface area contributed by atoms with Crippen LogP contribution in [0.4, 0.5) is 5.69 Å². The summed E-state index contributed by atoms with van der Waals surface area (Å²) in [6.45, 7) is 2.82. The first-order valence-corrected chi connectivity index (χ1v) is 6.11. The lowest BCUT2D eigenvalue weighted by atomic mass is 10.1. The highest BCUT2D eigenvalue weighted by molar-refractivity contribution is 7.80. The topological polar surface area (TPSA) is 50.9 Å². The zero-order chi connectivity index (χ0) is 13.0. The van der Waals surface area contributed by atoms with E-state index in [2.05, 4.69) is 29.4 Å². The van der Waals surface area contributed by atoms with Crippen LogP contribution in [-0.2, 0) is 6.54 Å². The van der Waals surface area contributed by atoms with Crippen LogP contribution < -0.4 is 11.1 Å². The van der Waals surface area contributed by atoms with Crippen molar-refractivity contribution in [1.29, 1.82) is 0 Å². The Hall–Kier alpha value is -1.94. The Bertz CT molecular complexity index is 566. The number of hydrogen-bond acceptors (Lipinski definition) is 3. The first-order valence-electron chi connectivity index (χ1n) is 5.70. The van der Waals surface area contributed by atoms with Crippen LogP contribution in [0.3, 0.4) is 0 Å². The van der Waals surface area contributed by atoms with E-state index in [1.807, 2.05) is 18.2 Å². The number of anilines is 1. The molecule has 3 nitrogen and oxygen atoms in total. The Labute approximate surface area is 112 Å². The zero-order valence-electron chi connectivity index (χ0n) is 10.2. The predicted octanol–water partition coefficient (Wildman–Crippen LogP) is 2.64. The molecule has 0 aliphatic carbocycles. The van der Waals surface area contributed by atoms with Gasteiger partial charge in [0.2, 0.25) is 0 Å². The molecule has 0 aliphatic rings.